The second-order valence-corrected chi connectivity index (χ2v) is 6.87. The Hall–Kier alpha value is -1.38. The predicted octanol–water partition coefficient (Wildman–Crippen LogP) is 6.11. The molecule has 0 fully saturated rings. The summed E-state index contributed by atoms with van der Waals surface area (Å²) in [4.78, 5) is 8.32. The van der Waals surface area contributed by atoms with Gasteiger partial charge in [0.2, 0.25) is 0 Å². The molecule has 3 rings (SSSR count). The van der Waals surface area contributed by atoms with Crippen LogP contribution in [0.25, 0.3) is 0 Å². The molecule has 0 saturated heterocycles. The molecule has 0 unspecified atom stereocenters. The number of rotatable bonds is 0. The molecule has 0 bridgehead atoms. The molecule has 2 heterocycles. The molecule has 1 radical (unpaired) electrons. The maximum Gasteiger partial charge on any atom is 0.0401 e. The van der Waals surface area contributed by atoms with E-state index in [2.05, 4.69) is 74.9 Å². The van der Waals surface area contributed by atoms with Crippen LogP contribution in [0.1, 0.15) is 44.8 Å². The maximum atomic E-state index is 4.18. The van der Waals surface area contributed by atoms with E-state index in [4.69, 9.17) is 0 Å². The van der Waals surface area contributed by atoms with Gasteiger partial charge in [0.25, 0.3) is 0 Å². The summed E-state index contributed by atoms with van der Waals surface area (Å²) < 4.78 is 0. The maximum absolute atomic E-state index is 4.18. The Morgan fingerprint density at radius 1 is 0.667 bits per heavy atom. The van der Waals surface area contributed by atoms with Crippen LogP contribution in [-0.4, -0.2) is 9.97 Å². The van der Waals surface area contributed by atoms with E-state index in [1.54, 1.807) is 0 Å². The van der Waals surface area contributed by atoms with Gasteiger partial charge < -0.3 is 0 Å². The van der Waals surface area contributed by atoms with Crippen LogP contribution in [0.4, 0.5) is 0 Å². The minimum absolute atomic E-state index is 0. The van der Waals surface area contributed by atoms with Gasteiger partial charge in [-0.1, -0.05) is 19.9 Å². The van der Waals surface area contributed by atoms with E-state index in [0.717, 1.165) is 11.4 Å². The van der Waals surface area contributed by atoms with Gasteiger partial charge in [-0.3, -0.25) is 9.97 Å². The second-order valence-electron chi connectivity index (χ2n) is 6.87. The molecule has 27 heavy (non-hydrogen) atoms. The zero-order valence-corrected chi connectivity index (χ0v) is 20.9. The number of benzene rings is 1. The average molecular weight is 436 g/mol. The zero-order chi connectivity index (χ0) is 19.7. The number of hydrogen-bond donors (Lipinski definition) is 0. The molecular weight excluding hydrogens is 405 g/mol. The minimum atomic E-state index is 0. The predicted molar refractivity (Wildman–Crippen MR) is 112 cm³/mol. The minimum Gasteiger partial charge on any atom is -0.261 e. The molecule has 0 aliphatic heterocycles. The summed E-state index contributed by atoms with van der Waals surface area (Å²) in [5.74, 6) is 0. The monoisotopic (exact) mass is 436 g/mol. The molecule has 0 saturated carbocycles. The number of hydrogen-bond acceptors (Lipinski definition) is 2. The van der Waals surface area contributed by atoms with Crippen LogP contribution in [0.3, 0.4) is 0 Å². The smallest absolute Gasteiger partial charge is 0.0401 e. The first kappa shape index (κ1) is 25.6. The Morgan fingerprint density at radius 3 is 1.74 bits per heavy atom. The van der Waals surface area contributed by atoms with Crippen LogP contribution in [0, 0.1) is 61.5 Å². The van der Waals surface area contributed by atoms with E-state index in [9.17, 15) is 0 Å². The number of aromatic nitrogens is 2. The van der Waals surface area contributed by atoms with Gasteiger partial charge in [-0.2, -0.15) is 35.4 Å². The standard InChI is InChI=1S/2C8H11N.C8H9.Y/c1-6-4-8(3)9-5-7(6)2;1-6-4-7(2)8(3)9-5-6;1-7-3-5-8(2)6-4-7;/h2*4-5H,1-3H3;3-5H,1-2H3;/q;;-1;. The normalized spacial score (nSPS) is 9.19. The van der Waals surface area contributed by atoms with Crippen LogP contribution < -0.4 is 0 Å². The van der Waals surface area contributed by atoms with Crippen molar-refractivity contribution in [3.05, 3.63) is 93.6 Å². The third-order valence-electron chi connectivity index (χ3n) is 4.11. The molecule has 3 heteroatoms. The molecule has 0 amide bonds. The van der Waals surface area contributed by atoms with Crippen LogP contribution in [0.2, 0.25) is 0 Å². The summed E-state index contributed by atoms with van der Waals surface area (Å²) in [6.45, 7) is 16.4. The van der Waals surface area contributed by atoms with Gasteiger partial charge in [-0.25, -0.2) is 0 Å². The summed E-state index contributed by atoms with van der Waals surface area (Å²) in [6, 6.07) is 13.5. The van der Waals surface area contributed by atoms with Gasteiger partial charge in [-0.15, -0.1) is 0 Å². The van der Waals surface area contributed by atoms with Crippen LogP contribution in [-0.2, 0) is 32.7 Å². The number of nitrogens with zero attached hydrogens (tertiary/aromatic N) is 2. The fraction of sp³-hybridized carbons (Fsp3) is 0.333. The summed E-state index contributed by atoms with van der Waals surface area (Å²) in [7, 11) is 0. The van der Waals surface area contributed by atoms with E-state index >= 15 is 0 Å². The Bertz CT molecular complexity index is 754. The Morgan fingerprint density at radius 2 is 1.33 bits per heavy atom. The molecular formula is C24H31N2Y-. The topological polar surface area (TPSA) is 25.8 Å². The molecule has 3 aromatic rings. The summed E-state index contributed by atoms with van der Waals surface area (Å²) in [5.41, 5.74) is 9.79. The Balaban J connectivity index is 0.000000369. The van der Waals surface area contributed by atoms with E-state index in [1.807, 2.05) is 39.2 Å². The summed E-state index contributed by atoms with van der Waals surface area (Å²) in [6.07, 6.45) is 3.80. The van der Waals surface area contributed by atoms with Gasteiger partial charge in [-0.05, 0) is 69.9 Å². The fourth-order valence-corrected chi connectivity index (χ4v) is 2.13. The Labute approximate surface area is 190 Å². The van der Waals surface area contributed by atoms with Gasteiger partial charge in [0.1, 0.15) is 0 Å². The summed E-state index contributed by atoms with van der Waals surface area (Å²) >= 11 is 0. The van der Waals surface area contributed by atoms with Crippen molar-refractivity contribution in [3.8, 4) is 0 Å². The first-order valence-corrected chi connectivity index (χ1v) is 8.93. The van der Waals surface area contributed by atoms with Crippen molar-refractivity contribution in [2.45, 2.75) is 55.4 Å². The third-order valence-corrected chi connectivity index (χ3v) is 4.11. The SMILES string of the molecule is Cc1[c-]cc(C)cc1.Cc1cc(C)c(C)cn1.Cc1cnc(C)c(C)c1.[Y]. The van der Waals surface area contributed by atoms with Gasteiger partial charge >= 0.3 is 0 Å². The third kappa shape index (κ3) is 10.5. The van der Waals surface area contributed by atoms with Crippen molar-refractivity contribution < 1.29 is 32.7 Å². The fourth-order valence-electron chi connectivity index (χ4n) is 2.13. The van der Waals surface area contributed by atoms with Crippen LogP contribution in [0.15, 0.2) is 42.7 Å². The number of aryl methyl sites for hydroxylation is 8. The Kier molecular flexibility index (Phi) is 12.3. The van der Waals surface area contributed by atoms with Crippen molar-refractivity contribution >= 4 is 0 Å². The first-order valence-electron chi connectivity index (χ1n) is 8.93. The van der Waals surface area contributed by atoms with Crippen molar-refractivity contribution in [2.24, 2.45) is 0 Å². The van der Waals surface area contributed by atoms with Gasteiger partial charge in [0.15, 0.2) is 0 Å². The molecule has 0 aliphatic carbocycles. The zero-order valence-electron chi connectivity index (χ0n) is 18.0. The van der Waals surface area contributed by atoms with E-state index in [0.29, 0.717) is 0 Å². The molecule has 0 N–H and O–H groups in total. The van der Waals surface area contributed by atoms with E-state index in [-0.39, 0.29) is 32.7 Å². The molecule has 0 atom stereocenters. The van der Waals surface area contributed by atoms with Crippen molar-refractivity contribution in [3.63, 3.8) is 0 Å². The number of pyridine rings is 2. The molecule has 1 aromatic carbocycles. The molecule has 2 aromatic heterocycles. The van der Waals surface area contributed by atoms with Gasteiger partial charge in [0.05, 0.1) is 0 Å². The van der Waals surface area contributed by atoms with Crippen molar-refractivity contribution in [1.82, 2.24) is 9.97 Å². The molecule has 0 spiro atoms. The molecule has 0 aliphatic rings. The molecule has 2 nitrogen and oxygen atoms in total. The first-order chi connectivity index (χ1) is 12.2. The van der Waals surface area contributed by atoms with Crippen LogP contribution >= 0.6 is 0 Å². The average Bonchev–Trinajstić information content (AvgIpc) is 2.59. The quantitative estimate of drug-likeness (QED) is 0.397. The van der Waals surface area contributed by atoms with Crippen LogP contribution in [0.5, 0.6) is 0 Å². The van der Waals surface area contributed by atoms with Gasteiger partial charge in [0, 0.05) is 56.5 Å². The van der Waals surface area contributed by atoms with Crippen molar-refractivity contribution in [2.75, 3.05) is 0 Å². The van der Waals surface area contributed by atoms with Crippen molar-refractivity contribution in [1.29, 1.82) is 0 Å². The van der Waals surface area contributed by atoms with E-state index in [1.165, 1.54) is 33.4 Å². The largest absolute Gasteiger partial charge is 0.261 e. The molecule has 141 valence electrons. The second kappa shape index (κ2) is 12.9. The summed E-state index contributed by atoms with van der Waals surface area (Å²) in [5, 5.41) is 0. The van der Waals surface area contributed by atoms with E-state index < -0.39 is 0 Å².